The molecule has 0 aromatic heterocycles. The number of rotatable bonds is 15. The summed E-state index contributed by atoms with van der Waals surface area (Å²) in [6.45, 7) is 3.82. The van der Waals surface area contributed by atoms with E-state index in [1.807, 2.05) is 0 Å². The van der Waals surface area contributed by atoms with Gasteiger partial charge in [-0.1, -0.05) is 69.4 Å². The Balaban J connectivity index is 1.47. The molecule has 0 N–H and O–H groups in total. The largest absolute Gasteiger partial charge is 0.491 e. The average molecular weight is 345 g/mol. The van der Waals surface area contributed by atoms with Crippen LogP contribution in [0.1, 0.15) is 76.7 Å². The molecular formula is C23H36O2. The van der Waals surface area contributed by atoms with E-state index in [0.29, 0.717) is 12.7 Å². The van der Waals surface area contributed by atoms with E-state index in [2.05, 4.69) is 43.3 Å². The standard InChI is InChI=1S/C23H36O2/c1-2-3-4-5-6-7-8-9-10-11-12-13-16-21-17-14-15-18-23(21)25-20-22-19-24-22/h6-7,14-15,17-18,22H,2-5,8-13,16,19-20H2,1H3/b7-6+. The first kappa shape index (κ1) is 20.0. The Kier molecular flexibility index (Phi) is 10.4. The first-order valence-electron chi connectivity index (χ1n) is 10.4. The van der Waals surface area contributed by atoms with Crippen molar-refractivity contribution in [2.24, 2.45) is 0 Å². The van der Waals surface area contributed by atoms with E-state index < -0.39 is 0 Å². The molecule has 140 valence electrons. The van der Waals surface area contributed by atoms with Crippen LogP contribution in [0.2, 0.25) is 0 Å². The molecular weight excluding hydrogens is 308 g/mol. The van der Waals surface area contributed by atoms with E-state index in [1.165, 1.54) is 69.8 Å². The highest BCUT2D eigenvalue weighted by Crippen LogP contribution is 2.22. The van der Waals surface area contributed by atoms with Crippen LogP contribution in [0.15, 0.2) is 36.4 Å². The third kappa shape index (κ3) is 9.69. The molecule has 0 radical (unpaired) electrons. The summed E-state index contributed by atoms with van der Waals surface area (Å²) in [6, 6.07) is 8.46. The van der Waals surface area contributed by atoms with Crippen LogP contribution >= 0.6 is 0 Å². The second-order valence-electron chi connectivity index (χ2n) is 7.15. The molecule has 1 unspecified atom stereocenters. The van der Waals surface area contributed by atoms with Gasteiger partial charge >= 0.3 is 0 Å². The van der Waals surface area contributed by atoms with Crippen LogP contribution in [0.25, 0.3) is 0 Å². The van der Waals surface area contributed by atoms with Crippen molar-refractivity contribution in [2.45, 2.75) is 83.7 Å². The minimum atomic E-state index is 0.328. The Hall–Kier alpha value is -1.28. The smallest absolute Gasteiger partial charge is 0.122 e. The van der Waals surface area contributed by atoms with Crippen LogP contribution in [0.4, 0.5) is 0 Å². The summed E-state index contributed by atoms with van der Waals surface area (Å²) in [7, 11) is 0. The van der Waals surface area contributed by atoms with Crippen molar-refractivity contribution >= 4 is 0 Å². The average Bonchev–Trinajstić information content (AvgIpc) is 3.46. The molecule has 2 nitrogen and oxygen atoms in total. The Morgan fingerprint density at radius 1 is 0.960 bits per heavy atom. The number of unbranched alkanes of at least 4 members (excludes halogenated alkanes) is 8. The highest BCUT2D eigenvalue weighted by Gasteiger charge is 2.23. The van der Waals surface area contributed by atoms with E-state index in [4.69, 9.17) is 9.47 Å². The highest BCUT2D eigenvalue weighted by atomic mass is 16.6. The minimum absolute atomic E-state index is 0.328. The zero-order valence-corrected chi connectivity index (χ0v) is 16.1. The van der Waals surface area contributed by atoms with E-state index in [1.54, 1.807) is 0 Å². The molecule has 25 heavy (non-hydrogen) atoms. The number of ether oxygens (including phenoxy) is 2. The van der Waals surface area contributed by atoms with Crippen molar-refractivity contribution in [3.05, 3.63) is 42.0 Å². The molecule has 1 aromatic rings. The van der Waals surface area contributed by atoms with Gasteiger partial charge in [0.05, 0.1) is 6.61 Å². The molecule has 0 bridgehead atoms. The van der Waals surface area contributed by atoms with Gasteiger partial charge in [-0.3, -0.25) is 0 Å². The molecule has 0 aliphatic carbocycles. The molecule has 0 saturated carbocycles. The van der Waals surface area contributed by atoms with Crippen molar-refractivity contribution in [1.82, 2.24) is 0 Å². The van der Waals surface area contributed by atoms with Gasteiger partial charge in [-0.2, -0.15) is 0 Å². The van der Waals surface area contributed by atoms with Crippen LogP contribution in [0.3, 0.4) is 0 Å². The van der Waals surface area contributed by atoms with E-state index in [0.717, 1.165) is 18.8 Å². The maximum atomic E-state index is 5.89. The molecule has 1 atom stereocenters. The van der Waals surface area contributed by atoms with Crippen molar-refractivity contribution in [2.75, 3.05) is 13.2 Å². The quantitative estimate of drug-likeness (QED) is 0.206. The lowest BCUT2D eigenvalue weighted by molar-refractivity contribution is 0.261. The predicted octanol–water partition coefficient (Wildman–Crippen LogP) is 6.48. The number of hydrogen-bond donors (Lipinski definition) is 0. The fourth-order valence-corrected chi connectivity index (χ4v) is 3.05. The molecule has 1 aromatic carbocycles. The van der Waals surface area contributed by atoms with Crippen LogP contribution in [-0.2, 0) is 11.2 Å². The summed E-state index contributed by atoms with van der Waals surface area (Å²) in [6.07, 6.45) is 19.4. The normalized spacial score (nSPS) is 16.4. The van der Waals surface area contributed by atoms with Gasteiger partial charge in [-0.05, 0) is 50.2 Å². The van der Waals surface area contributed by atoms with Crippen molar-refractivity contribution in [1.29, 1.82) is 0 Å². The Labute approximate surface area is 154 Å². The molecule has 0 spiro atoms. The number of para-hydroxylation sites is 1. The first-order valence-corrected chi connectivity index (χ1v) is 10.4. The Morgan fingerprint density at radius 2 is 1.64 bits per heavy atom. The van der Waals surface area contributed by atoms with Gasteiger partial charge in [0.15, 0.2) is 0 Å². The molecule has 1 fully saturated rings. The summed E-state index contributed by atoms with van der Waals surface area (Å²) < 4.78 is 11.1. The van der Waals surface area contributed by atoms with Gasteiger partial charge in [0.25, 0.3) is 0 Å². The molecule has 1 saturated heterocycles. The van der Waals surface area contributed by atoms with Gasteiger partial charge in [0.2, 0.25) is 0 Å². The van der Waals surface area contributed by atoms with E-state index in [9.17, 15) is 0 Å². The van der Waals surface area contributed by atoms with Gasteiger partial charge < -0.3 is 9.47 Å². The monoisotopic (exact) mass is 344 g/mol. The van der Waals surface area contributed by atoms with Crippen molar-refractivity contribution in [3.8, 4) is 5.75 Å². The zero-order chi connectivity index (χ0) is 17.6. The molecule has 1 aliphatic rings. The highest BCUT2D eigenvalue weighted by molar-refractivity contribution is 5.33. The minimum Gasteiger partial charge on any atom is -0.491 e. The maximum Gasteiger partial charge on any atom is 0.122 e. The first-order chi connectivity index (χ1) is 12.4. The topological polar surface area (TPSA) is 21.8 Å². The van der Waals surface area contributed by atoms with E-state index in [-0.39, 0.29) is 0 Å². The third-order valence-corrected chi connectivity index (χ3v) is 4.76. The van der Waals surface area contributed by atoms with Crippen LogP contribution in [-0.4, -0.2) is 19.3 Å². The summed E-state index contributed by atoms with van der Waals surface area (Å²) in [5.74, 6) is 1.05. The maximum absolute atomic E-state index is 5.89. The number of aryl methyl sites for hydroxylation is 1. The molecule has 1 aliphatic heterocycles. The second-order valence-corrected chi connectivity index (χ2v) is 7.15. The van der Waals surface area contributed by atoms with Gasteiger partial charge in [0.1, 0.15) is 18.5 Å². The number of benzene rings is 1. The summed E-state index contributed by atoms with van der Waals surface area (Å²) in [5, 5.41) is 0. The van der Waals surface area contributed by atoms with Gasteiger partial charge in [0, 0.05) is 0 Å². The number of allylic oxidation sites excluding steroid dienone is 2. The fourth-order valence-electron chi connectivity index (χ4n) is 3.05. The summed E-state index contributed by atoms with van der Waals surface area (Å²) >= 11 is 0. The SMILES string of the molecule is CCCCC/C=C/CCCCCCCc1ccccc1OCC1CO1. The molecule has 2 rings (SSSR count). The van der Waals surface area contributed by atoms with Crippen LogP contribution in [0, 0.1) is 0 Å². The summed E-state index contributed by atoms with van der Waals surface area (Å²) in [5.41, 5.74) is 1.35. The van der Waals surface area contributed by atoms with Crippen molar-refractivity contribution < 1.29 is 9.47 Å². The van der Waals surface area contributed by atoms with Gasteiger partial charge in [-0.15, -0.1) is 0 Å². The van der Waals surface area contributed by atoms with Gasteiger partial charge in [-0.25, -0.2) is 0 Å². The Morgan fingerprint density at radius 3 is 2.40 bits per heavy atom. The predicted molar refractivity (Wildman–Crippen MR) is 106 cm³/mol. The van der Waals surface area contributed by atoms with E-state index >= 15 is 0 Å². The third-order valence-electron chi connectivity index (χ3n) is 4.76. The molecule has 2 heteroatoms. The van der Waals surface area contributed by atoms with Crippen LogP contribution in [0.5, 0.6) is 5.75 Å². The van der Waals surface area contributed by atoms with Crippen LogP contribution < -0.4 is 4.74 Å². The Bertz CT molecular complexity index is 477. The van der Waals surface area contributed by atoms with Crippen molar-refractivity contribution in [3.63, 3.8) is 0 Å². The number of hydrogen-bond acceptors (Lipinski definition) is 2. The lowest BCUT2D eigenvalue weighted by Gasteiger charge is -2.10. The second kappa shape index (κ2) is 13.0. The number of epoxide rings is 1. The zero-order valence-electron chi connectivity index (χ0n) is 16.1. The molecule has 1 heterocycles. The fraction of sp³-hybridized carbons (Fsp3) is 0.652. The lowest BCUT2D eigenvalue weighted by atomic mass is 10.0. The lowest BCUT2D eigenvalue weighted by Crippen LogP contribution is -2.05. The molecule has 0 amide bonds. The summed E-state index contributed by atoms with van der Waals surface area (Å²) in [4.78, 5) is 0.